The lowest BCUT2D eigenvalue weighted by atomic mass is 10.0. The van der Waals surface area contributed by atoms with Gasteiger partial charge in [-0.05, 0) is 37.6 Å². The first-order valence-electron chi connectivity index (χ1n) is 9.31. The second-order valence-electron chi connectivity index (χ2n) is 7.27. The average molecular weight is 445 g/mol. The van der Waals surface area contributed by atoms with E-state index in [-0.39, 0.29) is 17.1 Å². The molecule has 2 N–H and O–H groups in total. The van der Waals surface area contributed by atoms with Crippen molar-refractivity contribution in [2.75, 3.05) is 0 Å². The second kappa shape index (κ2) is 8.66. The fourth-order valence-corrected chi connectivity index (χ4v) is 2.79. The molecule has 0 saturated heterocycles. The molecular weight excluding hydrogens is 427 g/mol. The van der Waals surface area contributed by atoms with Crippen molar-refractivity contribution in [2.24, 2.45) is 0 Å². The highest BCUT2D eigenvalue weighted by Crippen LogP contribution is 2.35. The molecule has 3 rings (SSSR count). The molecule has 0 bridgehead atoms. The lowest BCUT2D eigenvalue weighted by Gasteiger charge is -2.20. The van der Waals surface area contributed by atoms with Crippen LogP contribution in [0.25, 0.3) is 22.4 Å². The number of hydrogen-bond donors (Lipinski definition) is 2. The quantitative estimate of drug-likeness (QED) is 0.587. The number of aromatic nitrogens is 2. The monoisotopic (exact) mass is 445 g/mol. The molecule has 1 amide bonds. The van der Waals surface area contributed by atoms with Crippen molar-refractivity contribution < 1.29 is 32.6 Å². The third kappa shape index (κ3) is 5.39. The Labute approximate surface area is 180 Å². The molecule has 0 unspecified atom stereocenters. The van der Waals surface area contributed by atoms with Crippen LogP contribution in [0.5, 0.6) is 5.75 Å². The van der Waals surface area contributed by atoms with Gasteiger partial charge in [0.2, 0.25) is 5.82 Å². The Bertz CT molecular complexity index is 1160. The number of para-hydroxylation sites is 1. The maximum Gasteiger partial charge on any atom is 0.573 e. The molecule has 32 heavy (non-hydrogen) atoms. The number of benzene rings is 2. The normalized spacial score (nSPS) is 11.7. The number of hydrogen-bond acceptors (Lipinski definition) is 5. The zero-order chi connectivity index (χ0) is 23.5. The highest BCUT2D eigenvalue weighted by atomic mass is 19.4. The van der Waals surface area contributed by atoms with Gasteiger partial charge in [-0.3, -0.25) is 4.79 Å². The topological polar surface area (TPSA) is 101 Å². The Hall–Kier alpha value is -3.95. The number of ether oxygens (including phenoxy) is 1. The van der Waals surface area contributed by atoms with Gasteiger partial charge in [-0.1, -0.05) is 36.4 Å². The summed E-state index contributed by atoms with van der Waals surface area (Å²) in [6, 6.07) is 13.8. The minimum Gasteiger partial charge on any atom is -0.480 e. The van der Waals surface area contributed by atoms with Gasteiger partial charge in [0.15, 0.2) is 0 Å². The molecule has 1 aromatic heterocycles. The SMILES string of the molecule is CC(C)(NC(=O)c1nccc(-c2cccc(-c3ccccc3OC(F)(F)F)c2)n1)C(=O)O. The number of alkyl halides is 3. The van der Waals surface area contributed by atoms with E-state index in [0.29, 0.717) is 16.8 Å². The summed E-state index contributed by atoms with van der Waals surface area (Å²) in [5.74, 6) is -2.60. The zero-order valence-electron chi connectivity index (χ0n) is 17.0. The van der Waals surface area contributed by atoms with Gasteiger partial charge in [0, 0.05) is 17.3 Å². The Balaban J connectivity index is 1.94. The van der Waals surface area contributed by atoms with Gasteiger partial charge in [-0.2, -0.15) is 0 Å². The summed E-state index contributed by atoms with van der Waals surface area (Å²) in [7, 11) is 0. The number of nitrogens with one attached hydrogen (secondary N) is 1. The summed E-state index contributed by atoms with van der Waals surface area (Å²) >= 11 is 0. The maximum atomic E-state index is 12.8. The molecule has 3 aromatic rings. The second-order valence-corrected chi connectivity index (χ2v) is 7.27. The van der Waals surface area contributed by atoms with Crippen LogP contribution in [0.2, 0.25) is 0 Å². The molecule has 0 spiro atoms. The van der Waals surface area contributed by atoms with Crippen molar-refractivity contribution in [1.82, 2.24) is 15.3 Å². The van der Waals surface area contributed by atoms with Gasteiger partial charge < -0.3 is 15.2 Å². The van der Waals surface area contributed by atoms with Crippen molar-refractivity contribution >= 4 is 11.9 Å². The predicted molar refractivity (Wildman–Crippen MR) is 109 cm³/mol. The predicted octanol–water partition coefficient (Wildman–Crippen LogP) is 4.30. The molecule has 2 aromatic carbocycles. The Morgan fingerprint density at radius 1 is 1.00 bits per heavy atom. The van der Waals surface area contributed by atoms with Crippen molar-refractivity contribution in [3.05, 3.63) is 66.6 Å². The number of carboxylic acid groups (broad SMARTS) is 1. The fraction of sp³-hybridized carbons (Fsp3) is 0.182. The molecular formula is C22H18F3N3O4. The molecule has 7 nitrogen and oxygen atoms in total. The van der Waals surface area contributed by atoms with E-state index in [4.69, 9.17) is 5.11 Å². The largest absolute Gasteiger partial charge is 0.573 e. The van der Waals surface area contributed by atoms with Crippen LogP contribution in [-0.2, 0) is 4.79 Å². The molecule has 0 aliphatic rings. The standard InChI is InChI=1S/C22H18F3N3O4/c1-21(2,20(30)31)28-19(29)18-26-11-10-16(27-18)14-7-5-6-13(12-14)15-8-3-4-9-17(15)32-22(23,24)25/h3-12H,1-2H3,(H,28,29)(H,30,31). The van der Waals surface area contributed by atoms with Crippen molar-refractivity contribution in [1.29, 1.82) is 0 Å². The minimum absolute atomic E-state index is 0.224. The van der Waals surface area contributed by atoms with Crippen LogP contribution in [0.1, 0.15) is 24.5 Å². The Kier molecular flexibility index (Phi) is 6.15. The van der Waals surface area contributed by atoms with Crippen LogP contribution in [0, 0.1) is 0 Å². The molecule has 10 heteroatoms. The van der Waals surface area contributed by atoms with E-state index < -0.39 is 23.8 Å². The number of aliphatic carboxylic acids is 1. The molecule has 0 aliphatic carbocycles. The van der Waals surface area contributed by atoms with E-state index in [1.54, 1.807) is 30.3 Å². The molecule has 0 aliphatic heterocycles. The number of carboxylic acids is 1. The minimum atomic E-state index is -4.84. The fourth-order valence-electron chi connectivity index (χ4n) is 2.79. The molecule has 0 radical (unpaired) electrons. The van der Waals surface area contributed by atoms with E-state index in [9.17, 15) is 22.8 Å². The molecule has 0 saturated carbocycles. The summed E-state index contributed by atoms with van der Waals surface area (Å²) < 4.78 is 42.4. The van der Waals surface area contributed by atoms with Crippen LogP contribution in [0.4, 0.5) is 13.2 Å². The van der Waals surface area contributed by atoms with Crippen LogP contribution >= 0.6 is 0 Å². The summed E-state index contributed by atoms with van der Waals surface area (Å²) in [5.41, 5.74) is -0.0213. The first-order valence-corrected chi connectivity index (χ1v) is 9.31. The number of carbonyl (C=O) groups excluding carboxylic acids is 1. The lowest BCUT2D eigenvalue weighted by molar-refractivity contribution is -0.274. The Morgan fingerprint density at radius 3 is 2.38 bits per heavy atom. The highest BCUT2D eigenvalue weighted by molar-refractivity contribution is 5.95. The van der Waals surface area contributed by atoms with Gasteiger partial charge in [0.05, 0.1) is 5.69 Å². The summed E-state index contributed by atoms with van der Waals surface area (Å²) in [5, 5.41) is 11.5. The van der Waals surface area contributed by atoms with Crippen molar-refractivity contribution in [3.63, 3.8) is 0 Å². The number of halogens is 3. The van der Waals surface area contributed by atoms with Crippen LogP contribution < -0.4 is 10.1 Å². The molecule has 0 fully saturated rings. The van der Waals surface area contributed by atoms with Gasteiger partial charge in [0.1, 0.15) is 11.3 Å². The average Bonchev–Trinajstić information content (AvgIpc) is 2.73. The third-order valence-electron chi connectivity index (χ3n) is 4.40. The first-order chi connectivity index (χ1) is 15.0. The number of amides is 1. The lowest BCUT2D eigenvalue weighted by Crippen LogP contribution is -2.50. The van der Waals surface area contributed by atoms with Gasteiger partial charge in [-0.25, -0.2) is 14.8 Å². The van der Waals surface area contributed by atoms with Crippen molar-refractivity contribution in [2.45, 2.75) is 25.7 Å². The zero-order valence-corrected chi connectivity index (χ0v) is 17.0. The molecule has 1 heterocycles. The third-order valence-corrected chi connectivity index (χ3v) is 4.40. The van der Waals surface area contributed by atoms with Crippen LogP contribution in [0.3, 0.4) is 0 Å². The molecule has 0 atom stereocenters. The summed E-state index contributed by atoms with van der Waals surface area (Å²) in [4.78, 5) is 31.7. The van der Waals surface area contributed by atoms with Gasteiger partial charge in [0.25, 0.3) is 5.91 Å². The first kappa shape index (κ1) is 22.7. The maximum absolute atomic E-state index is 12.8. The van der Waals surface area contributed by atoms with Crippen LogP contribution in [0.15, 0.2) is 60.8 Å². The van der Waals surface area contributed by atoms with E-state index in [1.165, 1.54) is 44.3 Å². The van der Waals surface area contributed by atoms with E-state index in [1.807, 2.05) is 0 Å². The number of rotatable bonds is 6. The smallest absolute Gasteiger partial charge is 0.480 e. The molecule has 166 valence electrons. The van der Waals surface area contributed by atoms with E-state index >= 15 is 0 Å². The van der Waals surface area contributed by atoms with Gasteiger partial charge in [-0.15, -0.1) is 13.2 Å². The van der Waals surface area contributed by atoms with E-state index in [2.05, 4.69) is 20.0 Å². The number of nitrogens with zero attached hydrogens (tertiary/aromatic N) is 2. The van der Waals surface area contributed by atoms with Crippen molar-refractivity contribution in [3.8, 4) is 28.1 Å². The Morgan fingerprint density at radius 2 is 1.69 bits per heavy atom. The summed E-state index contributed by atoms with van der Waals surface area (Å²) in [6.45, 7) is 2.64. The highest BCUT2D eigenvalue weighted by Gasteiger charge is 2.32. The van der Waals surface area contributed by atoms with Gasteiger partial charge >= 0.3 is 12.3 Å². The number of carbonyl (C=O) groups is 2. The van der Waals surface area contributed by atoms with Crippen LogP contribution in [-0.4, -0.2) is 38.9 Å². The van der Waals surface area contributed by atoms with E-state index in [0.717, 1.165) is 0 Å². The summed E-state index contributed by atoms with van der Waals surface area (Å²) in [6.07, 6.45) is -3.51.